The Bertz CT molecular complexity index is 140. The minimum Gasteiger partial charge on any atom is -0.164 e. The van der Waals surface area contributed by atoms with E-state index in [0.717, 1.165) is 4.88 Å². The summed E-state index contributed by atoms with van der Waals surface area (Å²) in [5, 5.41) is 1.79. The first-order chi connectivity index (χ1) is 3.30. The molecular weight excluding hydrogens is 108 g/mol. The molecule has 2 heteroatoms. The molecule has 1 atom stereocenters. The Morgan fingerprint density at radius 2 is 2.43 bits per heavy atom. The molecular formula is C5H7OS+. The van der Waals surface area contributed by atoms with Crippen LogP contribution < -0.4 is 0 Å². The van der Waals surface area contributed by atoms with Crippen molar-refractivity contribution in [1.29, 1.82) is 0 Å². The second kappa shape index (κ2) is 1.64. The second-order valence-electron chi connectivity index (χ2n) is 1.42. The molecule has 0 aromatic carbocycles. The number of rotatable bonds is 0. The monoisotopic (exact) mass is 115 g/mol. The summed E-state index contributed by atoms with van der Waals surface area (Å²) in [5.74, 6) is 0. The van der Waals surface area contributed by atoms with Crippen LogP contribution in [0.2, 0.25) is 0 Å². The molecule has 1 aromatic rings. The molecule has 0 aliphatic rings. The summed E-state index contributed by atoms with van der Waals surface area (Å²) >= 11 is 0. The van der Waals surface area contributed by atoms with Gasteiger partial charge >= 0.3 is 0 Å². The van der Waals surface area contributed by atoms with Crippen LogP contribution in [0.15, 0.2) is 17.5 Å². The highest BCUT2D eigenvalue weighted by Gasteiger charge is 2.00. The molecule has 0 bridgehead atoms. The van der Waals surface area contributed by atoms with Gasteiger partial charge in [0.1, 0.15) is 10.8 Å². The molecule has 38 valence electrons. The molecule has 1 N–H and O–H groups in total. The smallest absolute Gasteiger partial charge is 0.164 e. The molecule has 0 saturated carbocycles. The Hall–Kier alpha value is -0.340. The number of hydrogen-bond acceptors (Lipinski definition) is 1. The maximum atomic E-state index is 8.87. The highest BCUT2D eigenvalue weighted by Crippen LogP contribution is 2.17. The summed E-state index contributed by atoms with van der Waals surface area (Å²) in [6.45, 7) is 1.92. The van der Waals surface area contributed by atoms with Gasteiger partial charge in [0.25, 0.3) is 0 Å². The third kappa shape index (κ3) is 0.813. The highest BCUT2D eigenvalue weighted by molar-refractivity contribution is 7.23. The number of aryl methyl sites for hydroxylation is 1. The van der Waals surface area contributed by atoms with E-state index >= 15 is 0 Å². The van der Waals surface area contributed by atoms with E-state index in [0.29, 0.717) is 0 Å². The fourth-order valence-electron chi connectivity index (χ4n) is 0.426. The van der Waals surface area contributed by atoms with Crippen LogP contribution in [0.3, 0.4) is 0 Å². The molecule has 1 rings (SSSR count). The van der Waals surface area contributed by atoms with Crippen molar-refractivity contribution >= 4 is 10.8 Å². The Labute approximate surface area is 45.4 Å². The first kappa shape index (κ1) is 4.81. The first-order valence-electron chi connectivity index (χ1n) is 2.08. The van der Waals surface area contributed by atoms with Crippen LogP contribution in [0.25, 0.3) is 0 Å². The van der Waals surface area contributed by atoms with Crippen molar-refractivity contribution in [2.24, 2.45) is 0 Å². The molecule has 0 saturated heterocycles. The van der Waals surface area contributed by atoms with E-state index in [2.05, 4.69) is 0 Å². The van der Waals surface area contributed by atoms with Crippen molar-refractivity contribution in [3.63, 3.8) is 0 Å². The van der Waals surface area contributed by atoms with Gasteiger partial charge in [-0.05, 0) is 6.07 Å². The van der Waals surface area contributed by atoms with Gasteiger partial charge in [-0.3, -0.25) is 0 Å². The van der Waals surface area contributed by atoms with Crippen molar-refractivity contribution in [2.45, 2.75) is 6.92 Å². The van der Waals surface area contributed by atoms with Gasteiger partial charge in [0, 0.05) is 13.0 Å². The highest BCUT2D eigenvalue weighted by atomic mass is 32.2. The van der Waals surface area contributed by atoms with E-state index in [-0.39, 0.29) is 0 Å². The van der Waals surface area contributed by atoms with Crippen molar-refractivity contribution in [3.8, 4) is 0 Å². The molecule has 0 spiro atoms. The normalized spacial score (nSPS) is 12.0. The van der Waals surface area contributed by atoms with Crippen LogP contribution in [0.5, 0.6) is 0 Å². The third-order valence-electron chi connectivity index (χ3n) is 0.868. The van der Waals surface area contributed by atoms with Gasteiger partial charge < -0.3 is 0 Å². The molecule has 0 aliphatic carbocycles. The van der Waals surface area contributed by atoms with Crippen LogP contribution in [-0.4, -0.2) is 4.55 Å². The molecule has 1 unspecified atom stereocenters. The van der Waals surface area contributed by atoms with Crippen molar-refractivity contribution in [2.75, 3.05) is 0 Å². The Morgan fingerprint density at radius 1 is 1.71 bits per heavy atom. The first-order valence-corrected chi connectivity index (χ1v) is 3.32. The zero-order valence-electron chi connectivity index (χ0n) is 4.09. The lowest BCUT2D eigenvalue weighted by molar-refractivity contribution is 0.641. The summed E-state index contributed by atoms with van der Waals surface area (Å²) in [4.78, 5) is 1.06. The average molecular weight is 115 g/mol. The van der Waals surface area contributed by atoms with Crippen molar-refractivity contribution in [1.82, 2.24) is 0 Å². The summed E-state index contributed by atoms with van der Waals surface area (Å²) in [6.07, 6.45) is 0. The van der Waals surface area contributed by atoms with Crippen molar-refractivity contribution < 1.29 is 4.55 Å². The largest absolute Gasteiger partial charge is 0.183 e. The minimum absolute atomic E-state index is 0.537. The van der Waals surface area contributed by atoms with Crippen molar-refractivity contribution in [3.05, 3.63) is 22.4 Å². The molecule has 0 amide bonds. The lowest BCUT2D eigenvalue weighted by atomic mass is 10.5. The Morgan fingerprint density at radius 3 is 2.57 bits per heavy atom. The fraction of sp³-hybridized carbons (Fsp3) is 0.200. The Balaban J connectivity index is 3.12. The molecule has 0 fully saturated rings. The quantitative estimate of drug-likeness (QED) is 0.512. The van der Waals surface area contributed by atoms with Crippen LogP contribution >= 0.6 is 10.8 Å². The summed E-state index contributed by atoms with van der Waals surface area (Å²) in [5.41, 5.74) is 0. The maximum absolute atomic E-state index is 8.87. The zero-order chi connectivity index (χ0) is 5.28. The van der Waals surface area contributed by atoms with Gasteiger partial charge in [0.2, 0.25) is 0 Å². The summed E-state index contributed by atoms with van der Waals surface area (Å²) in [6, 6.07) is 3.79. The molecule has 1 aromatic heterocycles. The lowest BCUT2D eigenvalue weighted by Gasteiger charge is -1.67. The molecule has 1 nitrogen and oxygen atoms in total. The van der Waals surface area contributed by atoms with Crippen LogP contribution in [0.4, 0.5) is 0 Å². The van der Waals surface area contributed by atoms with Crippen LogP contribution in [-0.2, 0) is 0 Å². The second-order valence-corrected chi connectivity index (χ2v) is 2.97. The predicted octanol–water partition coefficient (Wildman–Crippen LogP) is 1.88. The van der Waals surface area contributed by atoms with Gasteiger partial charge in [-0.25, -0.2) is 0 Å². The average Bonchev–Trinajstić information content (AvgIpc) is 1.91. The SMILES string of the molecule is Cc1ccc[s+]1O. The standard InChI is InChI=1S/C5H7OS/c1-5-3-2-4-7(5)6/h2-4,6H,1H3/q+1. The van der Waals surface area contributed by atoms with E-state index < -0.39 is 10.8 Å². The topological polar surface area (TPSA) is 20.2 Å². The van der Waals surface area contributed by atoms with E-state index in [4.69, 9.17) is 4.55 Å². The number of hydrogen-bond donors (Lipinski definition) is 1. The number of thiophene rings is 1. The van der Waals surface area contributed by atoms with E-state index in [1.165, 1.54) is 0 Å². The van der Waals surface area contributed by atoms with Gasteiger partial charge in [0.15, 0.2) is 10.3 Å². The van der Waals surface area contributed by atoms with Gasteiger partial charge in [0.05, 0.1) is 0 Å². The van der Waals surface area contributed by atoms with E-state index in [1.807, 2.05) is 19.1 Å². The van der Waals surface area contributed by atoms with Gasteiger partial charge in [-0.15, -0.1) is 0 Å². The van der Waals surface area contributed by atoms with Gasteiger partial charge in [-0.1, -0.05) is 0 Å². The predicted molar refractivity (Wildman–Crippen MR) is 31.0 cm³/mol. The third-order valence-corrected chi connectivity index (χ3v) is 2.08. The van der Waals surface area contributed by atoms with Gasteiger partial charge in [-0.2, -0.15) is 4.55 Å². The summed E-state index contributed by atoms with van der Waals surface area (Å²) in [7, 11) is -0.537. The van der Waals surface area contributed by atoms with E-state index in [1.54, 1.807) is 5.38 Å². The maximum Gasteiger partial charge on any atom is 0.183 e. The van der Waals surface area contributed by atoms with E-state index in [9.17, 15) is 0 Å². The molecule has 1 heterocycles. The summed E-state index contributed by atoms with van der Waals surface area (Å²) < 4.78 is 8.87. The van der Waals surface area contributed by atoms with Crippen LogP contribution in [0, 0.1) is 6.92 Å². The zero-order valence-corrected chi connectivity index (χ0v) is 4.90. The molecule has 7 heavy (non-hydrogen) atoms. The fourth-order valence-corrected chi connectivity index (χ4v) is 1.09. The Kier molecular flexibility index (Phi) is 1.13. The molecule has 0 radical (unpaired) electrons. The lowest BCUT2D eigenvalue weighted by Crippen LogP contribution is -1.55. The van der Waals surface area contributed by atoms with Crippen LogP contribution in [0.1, 0.15) is 4.88 Å². The molecule has 0 aliphatic heterocycles. The minimum atomic E-state index is -0.537.